The third-order valence-electron chi connectivity index (χ3n) is 7.84. The number of hydrogen-bond acceptors (Lipinski definition) is 8. The first-order valence-corrected chi connectivity index (χ1v) is 14.0. The van der Waals surface area contributed by atoms with Crippen molar-refractivity contribution in [3.8, 4) is 0 Å². The minimum atomic E-state index is -6.75. The van der Waals surface area contributed by atoms with Gasteiger partial charge in [0.15, 0.2) is 0 Å². The number of thioether (sulfide) groups is 2. The zero-order valence-corrected chi connectivity index (χ0v) is 22.0. The van der Waals surface area contributed by atoms with Crippen molar-refractivity contribution in [1.82, 2.24) is 0 Å². The minimum absolute atomic E-state index is 0.111. The predicted octanol–water partition coefficient (Wildman–Crippen LogP) is 4.76. The number of rotatable bonds is 7. The number of carbonyl (C=O) groups is 2. The van der Waals surface area contributed by atoms with Gasteiger partial charge in [-0.25, -0.2) is 9.59 Å². The van der Waals surface area contributed by atoms with E-state index < -0.39 is 84.1 Å². The molecule has 1 saturated heterocycles. The molecule has 0 aromatic carbocycles. The van der Waals surface area contributed by atoms with E-state index in [9.17, 15) is 57.5 Å². The summed E-state index contributed by atoms with van der Waals surface area (Å²) in [7, 11) is -6.19. The average molecular weight is 629 g/mol. The smallest absolute Gasteiger partial charge is 0.460 e. The molecule has 2 aliphatic carbocycles. The molecule has 38 heavy (non-hydrogen) atoms. The summed E-state index contributed by atoms with van der Waals surface area (Å²) in [5.41, 5.74) is -1.58. The Bertz CT molecular complexity index is 1110. The maximum absolute atomic E-state index is 14.0. The van der Waals surface area contributed by atoms with Crippen molar-refractivity contribution in [2.75, 3.05) is 12.4 Å². The lowest BCUT2D eigenvalue weighted by Gasteiger charge is -2.47. The van der Waals surface area contributed by atoms with Crippen LogP contribution < -0.4 is 0 Å². The predicted molar refractivity (Wildman–Crippen MR) is 114 cm³/mol. The number of fused-ring (bicyclic) bond motifs is 3. The monoisotopic (exact) mass is 628 g/mol. The Labute approximate surface area is 218 Å². The number of ether oxygens (including phenoxy) is 2. The van der Waals surface area contributed by atoms with Crippen molar-refractivity contribution in [3.05, 3.63) is 0 Å². The van der Waals surface area contributed by atoms with E-state index in [-0.39, 0.29) is 5.75 Å². The first-order valence-electron chi connectivity index (χ1n) is 10.7. The summed E-state index contributed by atoms with van der Waals surface area (Å²) in [6.45, 7) is 4.11. The van der Waals surface area contributed by atoms with Gasteiger partial charge in [0.2, 0.25) is 0 Å². The van der Waals surface area contributed by atoms with E-state index in [2.05, 4.69) is 4.74 Å². The third kappa shape index (κ3) is 4.19. The standard InChI is InChI=1S/C19H21F9O7S3/c1-13(2)9-4-5-14(13,3)16(10(9)35-12(30)17(22,23)38(31,32)33)36-7-8(37-16)6-34-11(29)15(20,21)18(24,25)19(26,27)28/h8-10H,4-7H2,1-3H3,(H,31,32,33). The Kier molecular flexibility index (Phi) is 7.41. The molecule has 2 saturated carbocycles. The molecular formula is C19H21F9O7S3. The van der Waals surface area contributed by atoms with E-state index in [0.29, 0.717) is 12.8 Å². The molecule has 3 rings (SSSR count). The lowest BCUT2D eigenvalue weighted by atomic mass is 9.70. The van der Waals surface area contributed by atoms with Crippen molar-refractivity contribution in [2.45, 2.75) is 72.3 Å². The molecule has 7 nitrogen and oxygen atoms in total. The van der Waals surface area contributed by atoms with Crippen LogP contribution in [-0.4, -0.2) is 76.0 Å². The molecule has 3 aliphatic rings. The van der Waals surface area contributed by atoms with Gasteiger partial charge in [0.25, 0.3) is 0 Å². The van der Waals surface area contributed by atoms with Crippen LogP contribution in [-0.2, 0) is 29.2 Å². The molecule has 1 heterocycles. The van der Waals surface area contributed by atoms with Gasteiger partial charge in [-0.3, -0.25) is 4.55 Å². The highest BCUT2D eigenvalue weighted by molar-refractivity contribution is 8.21. The third-order valence-corrected chi connectivity index (χ3v) is 12.9. The van der Waals surface area contributed by atoms with Gasteiger partial charge in [-0.1, -0.05) is 20.8 Å². The van der Waals surface area contributed by atoms with Crippen LogP contribution in [0.2, 0.25) is 0 Å². The maximum atomic E-state index is 14.0. The molecule has 3 fully saturated rings. The first kappa shape index (κ1) is 31.4. The second-order valence-corrected chi connectivity index (χ2v) is 14.5. The Hall–Kier alpha value is -1.08. The number of hydrogen-bond donors (Lipinski definition) is 1. The fourth-order valence-corrected chi connectivity index (χ4v) is 10.1. The SMILES string of the molecule is CC1(C)C2CCC1(C)C1(SCC(COC(=O)C(F)(F)C(F)(F)C(F)(F)F)S1)C2OC(=O)C(F)(F)S(=O)(=O)O. The Morgan fingerprint density at radius 3 is 2.05 bits per heavy atom. The summed E-state index contributed by atoms with van der Waals surface area (Å²) in [4.78, 5) is 23.7. The highest BCUT2D eigenvalue weighted by atomic mass is 32.2. The highest BCUT2D eigenvalue weighted by Crippen LogP contribution is 2.79. The molecule has 1 spiro atoms. The molecule has 1 aliphatic heterocycles. The fraction of sp³-hybridized carbons (Fsp3) is 0.895. The van der Waals surface area contributed by atoms with E-state index in [1.54, 1.807) is 20.8 Å². The van der Waals surface area contributed by atoms with Crippen LogP contribution in [0.3, 0.4) is 0 Å². The number of alkyl halides is 9. The van der Waals surface area contributed by atoms with E-state index in [1.807, 2.05) is 0 Å². The molecular weight excluding hydrogens is 607 g/mol. The Morgan fingerprint density at radius 2 is 1.55 bits per heavy atom. The molecule has 0 aromatic heterocycles. The Morgan fingerprint density at radius 1 is 1.00 bits per heavy atom. The zero-order chi connectivity index (χ0) is 29.5. The van der Waals surface area contributed by atoms with Crippen molar-refractivity contribution < 1.29 is 71.5 Å². The molecule has 2 bridgehead atoms. The largest absolute Gasteiger partial charge is 0.465 e. The molecule has 220 valence electrons. The van der Waals surface area contributed by atoms with E-state index in [0.717, 1.165) is 23.5 Å². The fourth-order valence-electron chi connectivity index (χ4n) is 5.34. The number of halogens is 9. The summed E-state index contributed by atoms with van der Waals surface area (Å²) in [6.07, 6.45) is -7.37. The van der Waals surface area contributed by atoms with Gasteiger partial charge in [-0.2, -0.15) is 47.9 Å². The quantitative estimate of drug-likeness (QED) is 0.243. The first-order chi connectivity index (χ1) is 16.8. The van der Waals surface area contributed by atoms with Crippen LogP contribution in [0, 0.1) is 16.7 Å². The van der Waals surface area contributed by atoms with Crippen LogP contribution in [0.5, 0.6) is 0 Å². The minimum Gasteiger partial charge on any atom is -0.460 e. The van der Waals surface area contributed by atoms with Gasteiger partial charge in [0.05, 0.1) is 0 Å². The summed E-state index contributed by atoms with van der Waals surface area (Å²) in [5, 5.41) is -6.34. The van der Waals surface area contributed by atoms with Crippen molar-refractivity contribution in [3.63, 3.8) is 0 Å². The van der Waals surface area contributed by atoms with Gasteiger partial charge in [0.1, 0.15) is 16.8 Å². The van der Waals surface area contributed by atoms with E-state index >= 15 is 0 Å². The Balaban J connectivity index is 1.84. The average Bonchev–Trinajstić information content (AvgIpc) is 3.31. The number of esters is 2. The number of carbonyl (C=O) groups excluding carboxylic acids is 2. The lowest BCUT2D eigenvalue weighted by molar-refractivity contribution is -0.348. The molecule has 0 aromatic rings. The maximum Gasteiger partial charge on any atom is 0.465 e. The highest BCUT2D eigenvalue weighted by Gasteiger charge is 2.79. The molecule has 0 amide bonds. The summed E-state index contributed by atoms with van der Waals surface area (Å²) >= 11 is 1.80. The van der Waals surface area contributed by atoms with Gasteiger partial charge in [-0.15, -0.1) is 23.5 Å². The second kappa shape index (κ2) is 8.96. The van der Waals surface area contributed by atoms with Crippen LogP contribution in [0.4, 0.5) is 39.5 Å². The van der Waals surface area contributed by atoms with E-state index in [1.165, 1.54) is 0 Å². The molecule has 5 unspecified atom stereocenters. The zero-order valence-electron chi connectivity index (χ0n) is 19.6. The van der Waals surface area contributed by atoms with Crippen molar-refractivity contribution in [1.29, 1.82) is 0 Å². The normalized spacial score (nSPS) is 33.6. The summed E-state index contributed by atoms with van der Waals surface area (Å²) in [5.74, 6) is -19.4. The lowest BCUT2D eigenvalue weighted by Crippen LogP contribution is -2.56. The van der Waals surface area contributed by atoms with Gasteiger partial charge in [-0.05, 0) is 18.3 Å². The molecule has 0 radical (unpaired) electrons. The van der Waals surface area contributed by atoms with Crippen LogP contribution in [0.25, 0.3) is 0 Å². The molecule has 1 N–H and O–H groups in total. The van der Waals surface area contributed by atoms with Gasteiger partial charge >= 0.3 is 45.3 Å². The van der Waals surface area contributed by atoms with Crippen LogP contribution in [0.1, 0.15) is 33.6 Å². The van der Waals surface area contributed by atoms with Gasteiger partial charge < -0.3 is 9.47 Å². The van der Waals surface area contributed by atoms with Crippen molar-refractivity contribution >= 4 is 45.6 Å². The van der Waals surface area contributed by atoms with Crippen LogP contribution in [0.15, 0.2) is 0 Å². The van der Waals surface area contributed by atoms with Gasteiger partial charge in [0, 0.05) is 22.3 Å². The van der Waals surface area contributed by atoms with E-state index in [4.69, 9.17) is 9.29 Å². The summed E-state index contributed by atoms with van der Waals surface area (Å²) in [6, 6.07) is 0. The molecule has 5 atom stereocenters. The topological polar surface area (TPSA) is 107 Å². The van der Waals surface area contributed by atoms with Crippen LogP contribution >= 0.6 is 23.5 Å². The van der Waals surface area contributed by atoms with Crippen molar-refractivity contribution in [2.24, 2.45) is 16.7 Å². The molecule has 19 heteroatoms. The summed E-state index contributed by atoms with van der Waals surface area (Å²) < 4.78 is 157. The second-order valence-electron chi connectivity index (χ2n) is 9.98.